The van der Waals surface area contributed by atoms with Gasteiger partial charge in [0, 0.05) is 17.2 Å². The first-order chi connectivity index (χ1) is 10.8. The molecule has 0 radical (unpaired) electrons. The summed E-state index contributed by atoms with van der Waals surface area (Å²) in [6, 6.07) is 7.52. The van der Waals surface area contributed by atoms with Crippen LogP contribution in [0.1, 0.15) is 33.5 Å². The standard InChI is InChI=1S/C17H23N5O.ClH/c1-16(2)13(17(16,3)4)15(23)19-11-7-5-10(6-8-11)14-20-12(9-18)21-22-14;/h5-8,13H,9,18H2,1-4H3,(H,19,23)(H,20,21,22);1H. The van der Waals surface area contributed by atoms with E-state index in [4.69, 9.17) is 5.73 Å². The normalized spacial score (nSPS) is 17.9. The highest BCUT2D eigenvalue weighted by atomic mass is 35.5. The third-order valence-electron chi connectivity index (χ3n) is 5.42. The van der Waals surface area contributed by atoms with Gasteiger partial charge in [0.25, 0.3) is 0 Å². The smallest absolute Gasteiger partial charge is 0.228 e. The van der Waals surface area contributed by atoms with Crippen LogP contribution in [-0.2, 0) is 11.3 Å². The van der Waals surface area contributed by atoms with Crippen molar-refractivity contribution in [3.8, 4) is 11.4 Å². The summed E-state index contributed by atoms with van der Waals surface area (Å²) in [6.45, 7) is 8.88. The van der Waals surface area contributed by atoms with Crippen LogP contribution >= 0.6 is 12.4 Å². The molecule has 0 aliphatic heterocycles. The number of amides is 1. The Kier molecular flexibility index (Phi) is 4.74. The first-order valence-corrected chi connectivity index (χ1v) is 7.80. The van der Waals surface area contributed by atoms with Gasteiger partial charge in [0.05, 0.1) is 6.54 Å². The molecule has 6 nitrogen and oxygen atoms in total. The number of anilines is 1. The van der Waals surface area contributed by atoms with Crippen molar-refractivity contribution in [2.45, 2.75) is 34.2 Å². The minimum absolute atomic E-state index is 0. The van der Waals surface area contributed by atoms with Gasteiger partial charge in [-0.15, -0.1) is 12.4 Å². The largest absolute Gasteiger partial charge is 0.326 e. The van der Waals surface area contributed by atoms with Gasteiger partial charge < -0.3 is 11.1 Å². The van der Waals surface area contributed by atoms with E-state index in [0.29, 0.717) is 18.2 Å². The lowest BCUT2D eigenvalue weighted by atomic mass is 10.0. The second-order valence-electron chi connectivity index (χ2n) is 7.25. The summed E-state index contributed by atoms with van der Waals surface area (Å²) in [6.07, 6.45) is 0. The van der Waals surface area contributed by atoms with Gasteiger partial charge >= 0.3 is 0 Å². The van der Waals surface area contributed by atoms with Crippen LogP contribution in [0.15, 0.2) is 24.3 Å². The number of benzene rings is 1. The average Bonchev–Trinajstić information content (AvgIpc) is 2.85. The Hall–Kier alpha value is -1.92. The molecule has 0 atom stereocenters. The number of carbonyl (C=O) groups excluding carboxylic acids is 1. The summed E-state index contributed by atoms with van der Waals surface area (Å²) in [5.41, 5.74) is 7.25. The molecule has 1 heterocycles. The molecule has 0 unspecified atom stereocenters. The maximum Gasteiger partial charge on any atom is 0.228 e. The van der Waals surface area contributed by atoms with Crippen molar-refractivity contribution in [3.05, 3.63) is 30.1 Å². The van der Waals surface area contributed by atoms with Crippen LogP contribution < -0.4 is 11.1 Å². The fourth-order valence-electron chi connectivity index (χ4n) is 3.28. The van der Waals surface area contributed by atoms with Gasteiger partial charge in [-0.2, -0.15) is 5.10 Å². The molecule has 4 N–H and O–H groups in total. The zero-order chi connectivity index (χ0) is 16.8. The van der Waals surface area contributed by atoms with E-state index in [2.05, 4.69) is 48.2 Å². The van der Waals surface area contributed by atoms with Gasteiger partial charge in [-0.05, 0) is 35.1 Å². The van der Waals surface area contributed by atoms with Crippen molar-refractivity contribution in [1.82, 2.24) is 15.2 Å². The molecule has 1 fully saturated rings. The molecular weight excluding hydrogens is 326 g/mol. The summed E-state index contributed by atoms with van der Waals surface area (Å²) in [4.78, 5) is 16.7. The maximum atomic E-state index is 12.4. The Morgan fingerprint density at radius 2 is 1.79 bits per heavy atom. The molecule has 1 amide bonds. The molecule has 7 heteroatoms. The molecule has 1 aromatic carbocycles. The number of aromatic amines is 1. The summed E-state index contributed by atoms with van der Waals surface area (Å²) >= 11 is 0. The molecule has 1 aliphatic carbocycles. The molecule has 1 aromatic heterocycles. The number of nitrogens with zero attached hydrogens (tertiary/aromatic N) is 2. The van der Waals surface area contributed by atoms with Crippen LogP contribution in [0, 0.1) is 16.7 Å². The first kappa shape index (κ1) is 18.4. The van der Waals surface area contributed by atoms with Crippen LogP contribution in [-0.4, -0.2) is 21.1 Å². The minimum atomic E-state index is 0. The quantitative estimate of drug-likeness (QED) is 0.790. The van der Waals surface area contributed by atoms with E-state index in [9.17, 15) is 4.79 Å². The van der Waals surface area contributed by atoms with Gasteiger partial charge in [-0.1, -0.05) is 27.7 Å². The Balaban J connectivity index is 0.00000208. The Bertz CT molecular complexity index is 722. The lowest BCUT2D eigenvalue weighted by molar-refractivity contribution is -0.118. The third-order valence-corrected chi connectivity index (χ3v) is 5.42. The van der Waals surface area contributed by atoms with E-state index in [1.54, 1.807) is 0 Å². The third kappa shape index (κ3) is 2.91. The molecule has 0 spiro atoms. The van der Waals surface area contributed by atoms with Crippen molar-refractivity contribution in [1.29, 1.82) is 0 Å². The van der Waals surface area contributed by atoms with E-state index in [0.717, 1.165) is 11.3 Å². The highest BCUT2D eigenvalue weighted by Crippen LogP contribution is 2.68. The zero-order valence-corrected chi connectivity index (χ0v) is 15.2. The molecule has 2 aromatic rings. The molecule has 1 aliphatic rings. The van der Waals surface area contributed by atoms with Crippen molar-refractivity contribution < 1.29 is 4.79 Å². The fourth-order valence-corrected chi connectivity index (χ4v) is 3.28. The molecule has 130 valence electrons. The number of aromatic nitrogens is 3. The highest BCUT2D eigenvalue weighted by Gasteiger charge is 2.68. The fraction of sp³-hybridized carbons (Fsp3) is 0.471. The molecule has 0 saturated heterocycles. The van der Waals surface area contributed by atoms with Crippen LogP contribution in [0.25, 0.3) is 11.4 Å². The maximum absolute atomic E-state index is 12.4. The monoisotopic (exact) mass is 349 g/mol. The predicted octanol–water partition coefficient (Wildman–Crippen LogP) is 2.97. The summed E-state index contributed by atoms with van der Waals surface area (Å²) in [5, 5.41) is 9.91. The minimum Gasteiger partial charge on any atom is -0.326 e. The zero-order valence-electron chi connectivity index (χ0n) is 14.4. The van der Waals surface area contributed by atoms with Crippen LogP contribution in [0.5, 0.6) is 0 Å². The summed E-state index contributed by atoms with van der Waals surface area (Å²) in [7, 11) is 0. The van der Waals surface area contributed by atoms with Gasteiger partial charge in [0.1, 0.15) is 5.82 Å². The predicted molar refractivity (Wildman–Crippen MR) is 96.6 cm³/mol. The number of carbonyl (C=O) groups is 1. The molecular formula is C17H24ClN5O. The molecule has 3 rings (SSSR count). The van der Waals surface area contributed by atoms with E-state index in [1.807, 2.05) is 24.3 Å². The number of hydrogen-bond donors (Lipinski definition) is 3. The highest BCUT2D eigenvalue weighted by molar-refractivity contribution is 5.96. The Labute approximate surface area is 148 Å². The van der Waals surface area contributed by atoms with E-state index < -0.39 is 0 Å². The van der Waals surface area contributed by atoms with E-state index in [-0.39, 0.29) is 35.1 Å². The number of hydrogen-bond acceptors (Lipinski definition) is 4. The van der Waals surface area contributed by atoms with Gasteiger partial charge in [-0.3, -0.25) is 9.89 Å². The number of H-pyrrole nitrogens is 1. The van der Waals surface area contributed by atoms with Crippen LogP contribution in [0.3, 0.4) is 0 Å². The summed E-state index contributed by atoms with van der Waals surface area (Å²) < 4.78 is 0. The van der Waals surface area contributed by atoms with Crippen molar-refractivity contribution in [3.63, 3.8) is 0 Å². The van der Waals surface area contributed by atoms with Crippen LogP contribution in [0.4, 0.5) is 5.69 Å². The first-order valence-electron chi connectivity index (χ1n) is 7.80. The van der Waals surface area contributed by atoms with Crippen molar-refractivity contribution in [2.75, 3.05) is 5.32 Å². The van der Waals surface area contributed by atoms with Crippen molar-refractivity contribution in [2.24, 2.45) is 22.5 Å². The number of nitrogens with two attached hydrogens (primary N) is 1. The second-order valence-corrected chi connectivity index (χ2v) is 7.25. The van der Waals surface area contributed by atoms with Crippen LogP contribution in [0.2, 0.25) is 0 Å². The number of halogens is 1. The van der Waals surface area contributed by atoms with Crippen molar-refractivity contribution >= 4 is 24.0 Å². The topological polar surface area (TPSA) is 96.7 Å². The lowest BCUT2D eigenvalue weighted by Crippen LogP contribution is -2.17. The second kappa shape index (κ2) is 6.18. The van der Waals surface area contributed by atoms with E-state index in [1.165, 1.54) is 0 Å². The Morgan fingerprint density at radius 1 is 1.21 bits per heavy atom. The Morgan fingerprint density at radius 3 is 2.25 bits per heavy atom. The molecule has 24 heavy (non-hydrogen) atoms. The number of nitrogens with one attached hydrogen (secondary N) is 2. The molecule has 1 saturated carbocycles. The average molecular weight is 350 g/mol. The van der Waals surface area contributed by atoms with Gasteiger partial charge in [0.2, 0.25) is 5.91 Å². The summed E-state index contributed by atoms with van der Waals surface area (Å²) in [5.74, 6) is 1.37. The lowest BCUT2D eigenvalue weighted by Gasteiger charge is -2.07. The van der Waals surface area contributed by atoms with E-state index >= 15 is 0 Å². The van der Waals surface area contributed by atoms with Gasteiger partial charge in [0.15, 0.2) is 5.82 Å². The molecule has 0 bridgehead atoms. The SMILES string of the molecule is CC1(C)C(C(=O)Nc2ccc(-c3n[nH]c(CN)n3)cc2)C1(C)C.Cl. The van der Waals surface area contributed by atoms with Gasteiger partial charge in [-0.25, -0.2) is 4.98 Å². The number of rotatable bonds is 4.